The zero-order valence-corrected chi connectivity index (χ0v) is 15.4. The lowest BCUT2D eigenvalue weighted by Crippen LogP contribution is -2.31. The van der Waals surface area contributed by atoms with Crippen molar-refractivity contribution in [3.05, 3.63) is 0 Å². The molecule has 0 aromatic heterocycles. The summed E-state index contributed by atoms with van der Waals surface area (Å²) in [6.45, 7) is 4.01. The third-order valence-corrected chi connectivity index (χ3v) is 5.72. The molecule has 2 aliphatic rings. The van der Waals surface area contributed by atoms with Crippen molar-refractivity contribution in [1.82, 2.24) is 0 Å². The second-order valence-electron chi connectivity index (χ2n) is 7.60. The van der Waals surface area contributed by atoms with Gasteiger partial charge in [-0.1, -0.05) is 45.4 Å². The summed E-state index contributed by atoms with van der Waals surface area (Å²) in [7, 11) is 0. The molecule has 4 heteroatoms. The predicted octanol–water partition coefficient (Wildman–Crippen LogP) is 4.80. The Kier molecular flexibility index (Phi) is 9.11. The minimum Gasteiger partial charge on any atom is -0.481 e. The van der Waals surface area contributed by atoms with E-state index in [4.69, 9.17) is 14.6 Å². The lowest BCUT2D eigenvalue weighted by atomic mass is 9.77. The Morgan fingerprint density at radius 1 is 1.00 bits per heavy atom. The molecule has 2 rings (SSSR count). The molecule has 0 amide bonds. The van der Waals surface area contributed by atoms with Gasteiger partial charge in [-0.3, -0.25) is 4.79 Å². The zero-order chi connectivity index (χ0) is 17.2. The van der Waals surface area contributed by atoms with E-state index in [1.807, 2.05) is 0 Å². The first kappa shape index (κ1) is 19.7. The smallest absolute Gasteiger partial charge is 0.303 e. The number of hydrogen-bond acceptors (Lipinski definition) is 3. The van der Waals surface area contributed by atoms with Crippen LogP contribution < -0.4 is 0 Å². The quantitative estimate of drug-likeness (QED) is 0.461. The lowest BCUT2D eigenvalue weighted by molar-refractivity contribution is -0.137. The molecule has 2 aliphatic heterocycles. The average Bonchev–Trinajstić information content (AvgIpc) is 3.15. The van der Waals surface area contributed by atoms with E-state index < -0.39 is 5.97 Å². The minimum absolute atomic E-state index is 0.311. The van der Waals surface area contributed by atoms with Crippen molar-refractivity contribution in [1.29, 1.82) is 0 Å². The molecule has 0 aromatic carbocycles. The van der Waals surface area contributed by atoms with E-state index in [1.165, 1.54) is 51.4 Å². The Labute approximate surface area is 147 Å². The summed E-state index contributed by atoms with van der Waals surface area (Å²) < 4.78 is 12.1. The van der Waals surface area contributed by atoms with E-state index in [0.717, 1.165) is 32.5 Å². The summed E-state index contributed by atoms with van der Waals surface area (Å²) in [6, 6.07) is 0. The van der Waals surface area contributed by atoms with Crippen LogP contribution in [0.4, 0.5) is 0 Å². The molecule has 0 unspecified atom stereocenters. The van der Waals surface area contributed by atoms with Gasteiger partial charge in [0.05, 0.1) is 18.8 Å². The fraction of sp³-hybridized carbons (Fsp3) is 0.950. The SMILES string of the molecule is CCCCCCOC[C@@H]1[C@H](CCCCCCC(=O)O)[C@@H]2CC[C@H]1O2. The van der Waals surface area contributed by atoms with Crippen LogP contribution in [-0.2, 0) is 14.3 Å². The Morgan fingerprint density at radius 3 is 2.46 bits per heavy atom. The standard InChI is InChI=1S/C20H36O4/c1-2-3-4-9-14-23-15-17-16(18-12-13-19(17)24-18)10-7-5-6-8-11-20(21)22/h16-19H,2-15H2,1H3,(H,21,22)/t16-,17+,18-,19+/m0/s1. The maximum atomic E-state index is 10.5. The van der Waals surface area contributed by atoms with Gasteiger partial charge >= 0.3 is 5.97 Å². The molecule has 24 heavy (non-hydrogen) atoms. The van der Waals surface area contributed by atoms with Gasteiger partial charge in [0.2, 0.25) is 0 Å². The van der Waals surface area contributed by atoms with Gasteiger partial charge in [0, 0.05) is 18.9 Å². The van der Waals surface area contributed by atoms with E-state index >= 15 is 0 Å². The van der Waals surface area contributed by atoms with Crippen LogP contribution in [0.1, 0.15) is 84.0 Å². The zero-order valence-electron chi connectivity index (χ0n) is 15.4. The Hall–Kier alpha value is -0.610. The van der Waals surface area contributed by atoms with Gasteiger partial charge in [-0.2, -0.15) is 0 Å². The first-order valence-corrected chi connectivity index (χ1v) is 10.2. The normalized spacial score (nSPS) is 28.5. The minimum atomic E-state index is -0.673. The highest BCUT2D eigenvalue weighted by Crippen LogP contribution is 2.45. The molecule has 0 saturated carbocycles. The van der Waals surface area contributed by atoms with E-state index in [-0.39, 0.29) is 0 Å². The predicted molar refractivity (Wildman–Crippen MR) is 95.2 cm³/mol. The molecule has 1 N–H and O–H groups in total. The highest BCUT2D eigenvalue weighted by molar-refractivity contribution is 5.66. The van der Waals surface area contributed by atoms with Crippen molar-refractivity contribution >= 4 is 5.97 Å². The topological polar surface area (TPSA) is 55.8 Å². The van der Waals surface area contributed by atoms with Crippen LogP contribution in [0.15, 0.2) is 0 Å². The molecule has 0 spiro atoms. The van der Waals surface area contributed by atoms with Crippen molar-refractivity contribution in [2.24, 2.45) is 11.8 Å². The molecule has 0 aliphatic carbocycles. The Balaban J connectivity index is 1.59. The summed E-state index contributed by atoms with van der Waals surface area (Å²) in [5, 5.41) is 8.67. The monoisotopic (exact) mass is 340 g/mol. The fourth-order valence-electron chi connectivity index (χ4n) is 4.36. The molecule has 2 fully saturated rings. The fourth-order valence-corrected chi connectivity index (χ4v) is 4.36. The van der Waals surface area contributed by atoms with Gasteiger partial charge in [0.25, 0.3) is 0 Å². The van der Waals surface area contributed by atoms with Crippen LogP contribution >= 0.6 is 0 Å². The van der Waals surface area contributed by atoms with E-state index in [1.54, 1.807) is 0 Å². The first-order valence-electron chi connectivity index (χ1n) is 10.2. The van der Waals surface area contributed by atoms with Crippen molar-refractivity contribution in [2.75, 3.05) is 13.2 Å². The summed E-state index contributed by atoms with van der Waals surface area (Å²) >= 11 is 0. The molecule has 4 nitrogen and oxygen atoms in total. The molecule has 2 heterocycles. The van der Waals surface area contributed by atoms with Crippen LogP contribution in [0.3, 0.4) is 0 Å². The molecule has 4 atom stereocenters. The Morgan fingerprint density at radius 2 is 1.71 bits per heavy atom. The third kappa shape index (κ3) is 6.36. The number of carboxylic acid groups (broad SMARTS) is 1. The summed E-state index contributed by atoms with van der Waals surface area (Å²) in [5.74, 6) is 0.584. The number of carboxylic acids is 1. The van der Waals surface area contributed by atoms with Crippen LogP contribution in [0.25, 0.3) is 0 Å². The first-order chi connectivity index (χ1) is 11.7. The largest absolute Gasteiger partial charge is 0.481 e. The number of hydrogen-bond donors (Lipinski definition) is 1. The second-order valence-corrected chi connectivity index (χ2v) is 7.60. The molecule has 2 saturated heterocycles. The third-order valence-electron chi connectivity index (χ3n) is 5.72. The van der Waals surface area contributed by atoms with Gasteiger partial charge in [0.15, 0.2) is 0 Å². The highest BCUT2D eigenvalue weighted by Gasteiger charge is 2.48. The van der Waals surface area contributed by atoms with E-state index in [9.17, 15) is 4.79 Å². The Bertz CT molecular complexity index is 358. The number of carbonyl (C=O) groups is 1. The maximum Gasteiger partial charge on any atom is 0.303 e. The van der Waals surface area contributed by atoms with Gasteiger partial charge < -0.3 is 14.6 Å². The van der Waals surface area contributed by atoms with Crippen LogP contribution in [0, 0.1) is 11.8 Å². The number of unbranched alkanes of at least 4 members (excludes halogenated alkanes) is 6. The molecule has 0 aromatic rings. The second kappa shape index (κ2) is 11.1. The summed E-state index contributed by atoms with van der Waals surface area (Å²) in [6.07, 6.45) is 14.1. The van der Waals surface area contributed by atoms with Crippen molar-refractivity contribution < 1.29 is 19.4 Å². The van der Waals surface area contributed by atoms with E-state index in [0.29, 0.717) is 30.5 Å². The van der Waals surface area contributed by atoms with Gasteiger partial charge in [0.1, 0.15) is 0 Å². The van der Waals surface area contributed by atoms with Crippen LogP contribution in [-0.4, -0.2) is 36.5 Å². The number of rotatable bonds is 14. The number of aliphatic carboxylic acids is 1. The van der Waals surface area contributed by atoms with Crippen molar-refractivity contribution in [3.8, 4) is 0 Å². The lowest BCUT2D eigenvalue weighted by Gasteiger charge is -2.28. The van der Waals surface area contributed by atoms with E-state index in [2.05, 4.69) is 6.92 Å². The van der Waals surface area contributed by atoms with Crippen molar-refractivity contribution in [2.45, 2.75) is 96.2 Å². The van der Waals surface area contributed by atoms with Crippen LogP contribution in [0.5, 0.6) is 0 Å². The number of ether oxygens (including phenoxy) is 2. The molecular weight excluding hydrogens is 304 g/mol. The van der Waals surface area contributed by atoms with Gasteiger partial charge in [-0.05, 0) is 38.0 Å². The molecule has 140 valence electrons. The van der Waals surface area contributed by atoms with Gasteiger partial charge in [-0.25, -0.2) is 0 Å². The van der Waals surface area contributed by atoms with Crippen molar-refractivity contribution in [3.63, 3.8) is 0 Å². The molecular formula is C20H36O4. The van der Waals surface area contributed by atoms with Gasteiger partial charge in [-0.15, -0.1) is 0 Å². The summed E-state index contributed by atoms with van der Waals surface area (Å²) in [5.41, 5.74) is 0. The molecule has 0 radical (unpaired) electrons. The maximum absolute atomic E-state index is 10.5. The number of fused-ring (bicyclic) bond motifs is 2. The molecule has 2 bridgehead atoms. The summed E-state index contributed by atoms with van der Waals surface area (Å²) in [4.78, 5) is 10.5. The average molecular weight is 341 g/mol. The highest BCUT2D eigenvalue weighted by atomic mass is 16.5. The van der Waals surface area contributed by atoms with Crippen LogP contribution in [0.2, 0.25) is 0 Å².